The zero-order valence-electron chi connectivity index (χ0n) is 14.3. The van der Waals surface area contributed by atoms with E-state index in [9.17, 15) is 22.8 Å². The van der Waals surface area contributed by atoms with Crippen LogP contribution in [0.15, 0.2) is 42.5 Å². The number of nitrogens with zero attached hydrogens (tertiary/aromatic N) is 2. The molecular formula is C18H18F3N3O2. The van der Waals surface area contributed by atoms with Crippen LogP contribution in [0.1, 0.15) is 16.1 Å². The average Bonchev–Trinajstić information content (AvgIpc) is 2.59. The highest BCUT2D eigenvalue weighted by atomic mass is 19.4. The van der Waals surface area contributed by atoms with Gasteiger partial charge in [-0.3, -0.25) is 14.6 Å². The summed E-state index contributed by atoms with van der Waals surface area (Å²) in [4.78, 5) is 29.4. The van der Waals surface area contributed by atoms with E-state index in [-0.39, 0.29) is 5.56 Å². The van der Waals surface area contributed by atoms with Crippen LogP contribution >= 0.6 is 0 Å². The number of pyridine rings is 1. The fraction of sp³-hybridized carbons (Fsp3) is 0.278. The molecule has 26 heavy (non-hydrogen) atoms. The van der Waals surface area contributed by atoms with Crippen molar-refractivity contribution < 1.29 is 22.8 Å². The van der Waals surface area contributed by atoms with E-state index in [2.05, 4.69) is 4.98 Å². The predicted octanol–water partition coefficient (Wildman–Crippen LogP) is 2.81. The number of alkyl halides is 3. The van der Waals surface area contributed by atoms with E-state index in [1.165, 1.54) is 7.05 Å². The van der Waals surface area contributed by atoms with Gasteiger partial charge >= 0.3 is 6.18 Å². The summed E-state index contributed by atoms with van der Waals surface area (Å²) in [6.07, 6.45) is -4.49. The van der Waals surface area contributed by atoms with Crippen molar-refractivity contribution in [2.24, 2.45) is 0 Å². The summed E-state index contributed by atoms with van der Waals surface area (Å²) in [7, 11) is 1.35. The Kier molecular flexibility index (Phi) is 5.97. The van der Waals surface area contributed by atoms with Gasteiger partial charge in [-0.05, 0) is 19.1 Å². The molecule has 5 nitrogen and oxygen atoms in total. The summed E-state index contributed by atoms with van der Waals surface area (Å²) in [5.41, 5.74) is 2.36. The van der Waals surface area contributed by atoms with Crippen LogP contribution < -0.4 is 5.32 Å². The van der Waals surface area contributed by atoms with Crippen LogP contribution in [0, 0.1) is 6.92 Å². The van der Waals surface area contributed by atoms with Gasteiger partial charge in [0.2, 0.25) is 5.91 Å². The molecule has 0 aliphatic rings. The molecule has 2 amide bonds. The summed E-state index contributed by atoms with van der Waals surface area (Å²) < 4.78 is 36.3. The molecule has 0 bridgehead atoms. The summed E-state index contributed by atoms with van der Waals surface area (Å²) in [6, 6.07) is 12.7. The van der Waals surface area contributed by atoms with Crippen LogP contribution in [0.3, 0.4) is 0 Å². The van der Waals surface area contributed by atoms with Gasteiger partial charge < -0.3 is 10.2 Å². The fourth-order valence-electron chi connectivity index (χ4n) is 2.30. The number of aromatic nitrogens is 1. The highest BCUT2D eigenvalue weighted by Gasteiger charge is 2.28. The Hall–Kier alpha value is -2.90. The Morgan fingerprint density at radius 1 is 1.12 bits per heavy atom. The van der Waals surface area contributed by atoms with Gasteiger partial charge in [0, 0.05) is 12.6 Å². The molecule has 0 aliphatic carbocycles. The monoisotopic (exact) mass is 365 g/mol. The number of hydrogen-bond donors (Lipinski definition) is 1. The van der Waals surface area contributed by atoms with Crippen molar-refractivity contribution in [2.45, 2.75) is 13.1 Å². The molecule has 1 aromatic heterocycles. The highest BCUT2D eigenvalue weighted by Crippen LogP contribution is 2.19. The minimum Gasteiger partial charge on any atom is -0.345 e. The van der Waals surface area contributed by atoms with Gasteiger partial charge in [-0.25, -0.2) is 0 Å². The van der Waals surface area contributed by atoms with E-state index < -0.39 is 31.1 Å². The Morgan fingerprint density at radius 2 is 1.77 bits per heavy atom. The lowest BCUT2D eigenvalue weighted by atomic mass is 10.1. The molecular weight excluding hydrogens is 347 g/mol. The van der Waals surface area contributed by atoms with Crippen LogP contribution in [0.4, 0.5) is 13.2 Å². The second-order valence-corrected chi connectivity index (χ2v) is 5.75. The molecule has 2 aromatic rings. The van der Waals surface area contributed by atoms with Crippen molar-refractivity contribution in [2.75, 3.05) is 20.1 Å². The third kappa shape index (κ3) is 5.30. The van der Waals surface area contributed by atoms with Crippen LogP contribution in [0.25, 0.3) is 11.3 Å². The average molecular weight is 365 g/mol. The van der Waals surface area contributed by atoms with E-state index in [1.54, 1.807) is 24.4 Å². The smallest absolute Gasteiger partial charge is 0.345 e. The lowest BCUT2D eigenvalue weighted by molar-refractivity contribution is -0.138. The maximum Gasteiger partial charge on any atom is 0.405 e. The van der Waals surface area contributed by atoms with Gasteiger partial charge in [0.1, 0.15) is 6.54 Å². The van der Waals surface area contributed by atoms with Crippen molar-refractivity contribution in [3.8, 4) is 11.3 Å². The molecule has 1 N–H and O–H groups in total. The van der Waals surface area contributed by atoms with Crippen LogP contribution in [0.2, 0.25) is 0 Å². The summed E-state index contributed by atoms with van der Waals surface area (Å²) in [5.74, 6) is -1.37. The van der Waals surface area contributed by atoms with E-state index in [4.69, 9.17) is 0 Å². The largest absolute Gasteiger partial charge is 0.405 e. The molecule has 0 radical (unpaired) electrons. The first-order valence-electron chi connectivity index (χ1n) is 7.79. The summed E-state index contributed by atoms with van der Waals surface area (Å²) >= 11 is 0. The third-order valence-electron chi connectivity index (χ3n) is 3.60. The predicted molar refractivity (Wildman–Crippen MR) is 90.4 cm³/mol. The molecule has 0 fully saturated rings. The lowest BCUT2D eigenvalue weighted by Gasteiger charge is -2.18. The zero-order chi connectivity index (χ0) is 19.3. The number of carbonyl (C=O) groups is 2. The van der Waals surface area contributed by atoms with Gasteiger partial charge in [0.05, 0.1) is 23.5 Å². The summed E-state index contributed by atoms with van der Waals surface area (Å²) in [6.45, 7) is -0.244. The normalized spacial score (nSPS) is 11.1. The summed E-state index contributed by atoms with van der Waals surface area (Å²) in [5, 5.41) is 1.73. The number of rotatable bonds is 5. The molecule has 0 spiro atoms. The Morgan fingerprint density at radius 3 is 2.35 bits per heavy atom. The van der Waals surface area contributed by atoms with Crippen molar-refractivity contribution in [3.05, 3.63) is 53.7 Å². The van der Waals surface area contributed by atoms with Crippen molar-refractivity contribution in [1.82, 2.24) is 15.2 Å². The molecule has 1 heterocycles. The minimum absolute atomic E-state index is 0.288. The van der Waals surface area contributed by atoms with Gasteiger partial charge in [-0.1, -0.05) is 30.3 Å². The van der Waals surface area contributed by atoms with Gasteiger partial charge in [-0.2, -0.15) is 13.2 Å². The van der Waals surface area contributed by atoms with E-state index in [1.807, 2.05) is 30.3 Å². The first kappa shape index (κ1) is 19.4. The van der Waals surface area contributed by atoms with E-state index in [0.29, 0.717) is 11.4 Å². The number of hydrogen-bond acceptors (Lipinski definition) is 3. The molecule has 1 aromatic carbocycles. The number of likely N-dealkylation sites (N-methyl/N-ethyl adjacent to an activating group) is 1. The molecule has 0 unspecified atom stereocenters. The Balaban J connectivity index is 2.05. The fourth-order valence-corrected chi connectivity index (χ4v) is 2.30. The SMILES string of the molecule is Cc1nc(-c2ccccc2)ccc1C(=O)N(C)CC(=O)NCC(F)(F)F. The third-order valence-corrected chi connectivity index (χ3v) is 3.60. The number of halogens is 3. The van der Waals surface area contributed by atoms with Gasteiger partial charge in [0.15, 0.2) is 0 Å². The second-order valence-electron chi connectivity index (χ2n) is 5.75. The quantitative estimate of drug-likeness (QED) is 0.886. The number of nitrogens with one attached hydrogen (secondary N) is 1. The molecule has 0 aliphatic heterocycles. The topological polar surface area (TPSA) is 62.3 Å². The molecule has 8 heteroatoms. The molecule has 138 valence electrons. The van der Waals surface area contributed by atoms with Gasteiger partial charge in [0.25, 0.3) is 5.91 Å². The number of benzene rings is 1. The standard InChI is InChI=1S/C18H18F3N3O2/c1-12-14(8-9-15(23-12)13-6-4-3-5-7-13)17(26)24(2)10-16(25)22-11-18(19,20)21/h3-9H,10-11H2,1-2H3,(H,22,25). The Bertz CT molecular complexity index is 792. The number of aryl methyl sites for hydroxylation is 1. The molecule has 0 saturated heterocycles. The zero-order valence-corrected chi connectivity index (χ0v) is 14.3. The maximum absolute atomic E-state index is 12.4. The minimum atomic E-state index is -4.49. The highest BCUT2D eigenvalue weighted by molar-refractivity contribution is 5.97. The van der Waals surface area contributed by atoms with Crippen molar-refractivity contribution in [1.29, 1.82) is 0 Å². The first-order chi connectivity index (χ1) is 12.2. The van der Waals surface area contributed by atoms with Gasteiger partial charge in [-0.15, -0.1) is 0 Å². The molecule has 2 rings (SSSR count). The Labute approximate surface area is 148 Å². The molecule has 0 atom stereocenters. The van der Waals surface area contributed by atoms with Crippen molar-refractivity contribution >= 4 is 11.8 Å². The van der Waals surface area contributed by atoms with Crippen LogP contribution in [-0.4, -0.2) is 48.0 Å². The number of amides is 2. The van der Waals surface area contributed by atoms with Crippen molar-refractivity contribution in [3.63, 3.8) is 0 Å². The number of carbonyl (C=O) groups excluding carboxylic acids is 2. The van der Waals surface area contributed by atoms with E-state index >= 15 is 0 Å². The van der Waals surface area contributed by atoms with E-state index in [0.717, 1.165) is 10.5 Å². The first-order valence-corrected chi connectivity index (χ1v) is 7.79. The van der Waals surface area contributed by atoms with Crippen LogP contribution in [-0.2, 0) is 4.79 Å². The maximum atomic E-state index is 12.4. The lowest BCUT2D eigenvalue weighted by Crippen LogP contribution is -2.41. The molecule has 0 saturated carbocycles. The second kappa shape index (κ2) is 7.99. The van der Waals surface area contributed by atoms with Crippen LogP contribution in [0.5, 0.6) is 0 Å².